The molecule has 1 N–H and O–H groups in total. The average molecular weight is 273 g/mol. The van der Waals surface area contributed by atoms with Gasteiger partial charge >= 0.3 is 0 Å². The molecule has 1 saturated carbocycles. The number of imidazole rings is 1. The second kappa shape index (κ2) is 5.79. The summed E-state index contributed by atoms with van der Waals surface area (Å²) in [6.45, 7) is 3.69. The summed E-state index contributed by atoms with van der Waals surface area (Å²) in [5, 5.41) is 7.94. The van der Waals surface area contributed by atoms with Crippen LogP contribution in [0.3, 0.4) is 0 Å². The highest BCUT2D eigenvalue weighted by Gasteiger charge is 2.17. The van der Waals surface area contributed by atoms with E-state index in [2.05, 4.69) is 31.8 Å². The molecule has 0 unspecified atom stereocenters. The second-order valence-electron chi connectivity index (χ2n) is 5.64. The Kier molecular flexibility index (Phi) is 3.87. The third-order valence-electron chi connectivity index (χ3n) is 4.18. The molecule has 5 heteroatoms. The lowest BCUT2D eigenvalue weighted by Gasteiger charge is -2.10. The summed E-state index contributed by atoms with van der Waals surface area (Å²) < 4.78 is 4.39. The molecule has 2 aromatic heterocycles. The topological polar surface area (TPSA) is 47.7 Å². The van der Waals surface area contributed by atoms with Crippen LogP contribution < -0.4 is 5.32 Å². The van der Waals surface area contributed by atoms with E-state index in [1.54, 1.807) is 0 Å². The molecule has 0 atom stereocenters. The SMILES string of the molecule is CNCc1cnc(C)n1Cc1ccn(C2CCCC2)n1. The van der Waals surface area contributed by atoms with Crippen molar-refractivity contribution in [1.29, 1.82) is 0 Å². The van der Waals surface area contributed by atoms with Crippen molar-refractivity contribution in [2.45, 2.75) is 51.7 Å². The minimum Gasteiger partial charge on any atom is -0.325 e. The molecule has 1 aliphatic rings. The van der Waals surface area contributed by atoms with E-state index in [1.165, 1.54) is 31.4 Å². The highest BCUT2D eigenvalue weighted by atomic mass is 15.3. The van der Waals surface area contributed by atoms with Gasteiger partial charge in [0.1, 0.15) is 5.82 Å². The highest BCUT2D eigenvalue weighted by molar-refractivity contribution is 5.09. The molecule has 108 valence electrons. The lowest BCUT2D eigenvalue weighted by molar-refractivity contribution is 0.461. The van der Waals surface area contributed by atoms with E-state index in [0.717, 1.165) is 24.6 Å². The van der Waals surface area contributed by atoms with E-state index in [4.69, 9.17) is 5.10 Å². The number of nitrogens with one attached hydrogen (secondary N) is 1. The van der Waals surface area contributed by atoms with Crippen molar-refractivity contribution < 1.29 is 0 Å². The Bertz CT molecular complexity index is 563. The summed E-state index contributed by atoms with van der Waals surface area (Å²) in [4.78, 5) is 4.40. The van der Waals surface area contributed by atoms with Crippen LogP contribution in [0.1, 0.15) is 48.9 Å². The van der Waals surface area contributed by atoms with Gasteiger partial charge in [-0.1, -0.05) is 12.8 Å². The van der Waals surface area contributed by atoms with Gasteiger partial charge in [-0.05, 0) is 32.9 Å². The first-order valence-electron chi connectivity index (χ1n) is 7.47. The molecule has 0 saturated heterocycles. The van der Waals surface area contributed by atoms with Crippen molar-refractivity contribution in [2.75, 3.05) is 7.05 Å². The van der Waals surface area contributed by atoms with Crippen molar-refractivity contribution >= 4 is 0 Å². The Morgan fingerprint density at radius 1 is 1.35 bits per heavy atom. The van der Waals surface area contributed by atoms with E-state index in [1.807, 2.05) is 20.2 Å². The maximum Gasteiger partial charge on any atom is 0.106 e. The molecule has 0 amide bonds. The van der Waals surface area contributed by atoms with Gasteiger partial charge in [0.05, 0.1) is 24.0 Å². The molecule has 1 fully saturated rings. The van der Waals surface area contributed by atoms with Crippen LogP contribution in [0.15, 0.2) is 18.5 Å². The third-order valence-corrected chi connectivity index (χ3v) is 4.18. The first-order chi connectivity index (χ1) is 9.78. The van der Waals surface area contributed by atoms with Crippen molar-refractivity contribution in [2.24, 2.45) is 0 Å². The Labute approximate surface area is 120 Å². The zero-order valence-electron chi connectivity index (χ0n) is 12.3. The van der Waals surface area contributed by atoms with Crippen molar-refractivity contribution in [1.82, 2.24) is 24.6 Å². The van der Waals surface area contributed by atoms with Crippen LogP contribution in [0, 0.1) is 6.92 Å². The summed E-state index contributed by atoms with van der Waals surface area (Å²) in [5.41, 5.74) is 2.33. The number of aromatic nitrogens is 4. The van der Waals surface area contributed by atoms with E-state index >= 15 is 0 Å². The smallest absolute Gasteiger partial charge is 0.106 e. The first kappa shape index (κ1) is 13.4. The Morgan fingerprint density at radius 2 is 2.15 bits per heavy atom. The summed E-state index contributed by atoms with van der Waals surface area (Å²) in [6, 6.07) is 2.75. The zero-order chi connectivity index (χ0) is 13.9. The molecule has 0 radical (unpaired) electrons. The normalized spacial score (nSPS) is 16.1. The summed E-state index contributed by atoms with van der Waals surface area (Å²) in [6.07, 6.45) is 9.31. The molecule has 0 bridgehead atoms. The Morgan fingerprint density at radius 3 is 2.90 bits per heavy atom. The van der Waals surface area contributed by atoms with Gasteiger partial charge < -0.3 is 9.88 Å². The first-order valence-corrected chi connectivity index (χ1v) is 7.47. The maximum absolute atomic E-state index is 4.76. The quantitative estimate of drug-likeness (QED) is 0.909. The van der Waals surface area contributed by atoms with Gasteiger partial charge in [0.25, 0.3) is 0 Å². The molecule has 5 nitrogen and oxygen atoms in total. The molecule has 0 aliphatic heterocycles. The van der Waals surface area contributed by atoms with Crippen LogP contribution in [-0.2, 0) is 13.1 Å². The van der Waals surface area contributed by atoms with Gasteiger partial charge in [0.15, 0.2) is 0 Å². The van der Waals surface area contributed by atoms with Gasteiger partial charge in [-0.15, -0.1) is 0 Å². The molecule has 3 rings (SSSR count). The average Bonchev–Trinajstić information content (AvgIpc) is 3.15. The van der Waals surface area contributed by atoms with Gasteiger partial charge in [-0.2, -0.15) is 5.10 Å². The number of aryl methyl sites for hydroxylation is 1. The monoisotopic (exact) mass is 273 g/mol. The van der Waals surface area contributed by atoms with Crippen LogP contribution in [-0.4, -0.2) is 26.4 Å². The van der Waals surface area contributed by atoms with Crippen LogP contribution in [0.25, 0.3) is 0 Å². The maximum atomic E-state index is 4.76. The molecule has 2 aromatic rings. The van der Waals surface area contributed by atoms with Crippen LogP contribution >= 0.6 is 0 Å². The summed E-state index contributed by atoms with van der Waals surface area (Å²) >= 11 is 0. The number of hydrogen-bond donors (Lipinski definition) is 1. The number of nitrogens with zero attached hydrogens (tertiary/aromatic N) is 4. The van der Waals surface area contributed by atoms with E-state index in [9.17, 15) is 0 Å². The summed E-state index contributed by atoms with van der Waals surface area (Å²) in [5.74, 6) is 1.05. The predicted molar refractivity (Wildman–Crippen MR) is 78.6 cm³/mol. The second-order valence-corrected chi connectivity index (χ2v) is 5.64. The van der Waals surface area contributed by atoms with Crippen molar-refractivity contribution in [3.8, 4) is 0 Å². The predicted octanol–water partition coefficient (Wildman–Crippen LogP) is 2.27. The van der Waals surface area contributed by atoms with Crippen LogP contribution in [0.5, 0.6) is 0 Å². The molecule has 0 spiro atoms. The lowest BCUT2D eigenvalue weighted by atomic mass is 10.3. The number of hydrogen-bond acceptors (Lipinski definition) is 3. The molecule has 2 heterocycles. The summed E-state index contributed by atoms with van der Waals surface area (Å²) in [7, 11) is 1.96. The van der Waals surface area contributed by atoms with Gasteiger partial charge in [-0.3, -0.25) is 4.68 Å². The Hall–Kier alpha value is -1.62. The van der Waals surface area contributed by atoms with E-state index in [-0.39, 0.29) is 0 Å². The molecular weight excluding hydrogens is 250 g/mol. The highest BCUT2D eigenvalue weighted by Crippen LogP contribution is 2.28. The van der Waals surface area contributed by atoms with Crippen LogP contribution in [0.2, 0.25) is 0 Å². The third kappa shape index (κ3) is 2.63. The van der Waals surface area contributed by atoms with Gasteiger partial charge in [0.2, 0.25) is 0 Å². The van der Waals surface area contributed by atoms with Crippen molar-refractivity contribution in [3.05, 3.63) is 35.7 Å². The minimum atomic E-state index is 0.615. The minimum absolute atomic E-state index is 0.615. The molecule has 1 aliphatic carbocycles. The van der Waals surface area contributed by atoms with E-state index < -0.39 is 0 Å². The molecular formula is C15H23N5. The number of rotatable bonds is 5. The fraction of sp³-hybridized carbons (Fsp3) is 0.600. The fourth-order valence-electron chi connectivity index (χ4n) is 3.05. The zero-order valence-corrected chi connectivity index (χ0v) is 12.3. The fourth-order valence-corrected chi connectivity index (χ4v) is 3.05. The molecule has 0 aromatic carbocycles. The van der Waals surface area contributed by atoms with Gasteiger partial charge in [-0.25, -0.2) is 4.98 Å². The standard InChI is InChI=1S/C15H23N5/c1-12-17-10-15(9-16-2)19(12)11-13-7-8-20(18-13)14-5-3-4-6-14/h7-8,10,14,16H,3-6,9,11H2,1-2H3. The largest absolute Gasteiger partial charge is 0.325 e. The Balaban J connectivity index is 1.76. The van der Waals surface area contributed by atoms with Crippen molar-refractivity contribution in [3.63, 3.8) is 0 Å². The van der Waals surface area contributed by atoms with Gasteiger partial charge in [0, 0.05) is 18.9 Å². The lowest BCUT2D eigenvalue weighted by Crippen LogP contribution is -2.13. The van der Waals surface area contributed by atoms with E-state index in [0.29, 0.717) is 6.04 Å². The van der Waals surface area contributed by atoms with Crippen LogP contribution in [0.4, 0.5) is 0 Å². The molecule has 20 heavy (non-hydrogen) atoms.